The maximum absolute atomic E-state index is 12.4. The topological polar surface area (TPSA) is 26.3 Å². The zero-order valence-corrected chi connectivity index (χ0v) is 10.6. The molecule has 0 saturated heterocycles. The molecule has 0 unspecified atom stereocenters. The number of halogens is 3. The molecular formula is C14H17F3O2. The van der Waals surface area contributed by atoms with Gasteiger partial charge in [-0.15, -0.1) is 0 Å². The molecule has 0 aromatic carbocycles. The third-order valence-corrected chi connectivity index (χ3v) is 4.97. The highest BCUT2D eigenvalue weighted by Crippen LogP contribution is 2.54. The Balaban J connectivity index is 1.67. The first-order valence-corrected chi connectivity index (χ1v) is 6.81. The Kier molecular flexibility index (Phi) is 2.91. The van der Waals surface area contributed by atoms with Gasteiger partial charge >= 0.3 is 12.1 Å². The number of ether oxygens (including phenoxy) is 1. The van der Waals surface area contributed by atoms with Crippen LogP contribution >= 0.6 is 0 Å². The van der Waals surface area contributed by atoms with Gasteiger partial charge in [-0.05, 0) is 55.8 Å². The fourth-order valence-corrected chi connectivity index (χ4v) is 4.38. The van der Waals surface area contributed by atoms with Gasteiger partial charge in [0, 0.05) is 0 Å². The van der Waals surface area contributed by atoms with Crippen LogP contribution < -0.4 is 0 Å². The van der Waals surface area contributed by atoms with Crippen molar-refractivity contribution in [3.63, 3.8) is 0 Å². The maximum atomic E-state index is 12.4. The van der Waals surface area contributed by atoms with Gasteiger partial charge in [0.15, 0.2) is 0 Å². The Bertz CT molecular complexity index is 385. The molecular weight excluding hydrogens is 257 g/mol. The fraction of sp³-hybridized carbons (Fsp3) is 0.786. The summed E-state index contributed by atoms with van der Waals surface area (Å²) in [7, 11) is 0. The summed E-state index contributed by atoms with van der Waals surface area (Å²) >= 11 is 0. The van der Waals surface area contributed by atoms with Crippen LogP contribution in [0.15, 0.2) is 12.2 Å². The quantitative estimate of drug-likeness (QED) is 0.569. The van der Waals surface area contributed by atoms with E-state index in [0.29, 0.717) is 11.8 Å². The highest BCUT2D eigenvalue weighted by atomic mass is 19.4. The van der Waals surface area contributed by atoms with E-state index < -0.39 is 17.7 Å². The molecule has 2 nitrogen and oxygen atoms in total. The number of carbonyl (C=O) groups is 1. The predicted octanol–water partition coefficient (Wildman–Crippen LogP) is 3.47. The zero-order valence-electron chi connectivity index (χ0n) is 10.6. The molecule has 0 N–H and O–H groups in total. The van der Waals surface area contributed by atoms with Crippen molar-refractivity contribution in [2.75, 3.05) is 0 Å². The number of hydrogen-bond donors (Lipinski definition) is 0. The molecule has 0 aromatic rings. The Morgan fingerprint density at radius 1 is 1.00 bits per heavy atom. The van der Waals surface area contributed by atoms with Crippen molar-refractivity contribution in [2.24, 2.45) is 23.7 Å². The van der Waals surface area contributed by atoms with Crippen LogP contribution in [0, 0.1) is 23.7 Å². The first-order valence-electron chi connectivity index (χ1n) is 6.81. The lowest BCUT2D eigenvalue weighted by molar-refractivity contribution is -0.174. The molecule has 4 aliphatic rings. The molecule has 4 saturated carbocycles. The van der Waals surface area contributed by atoms with Crippen molar-refractivity contribution >= 4 is 5.97 Å². The van der Waals surface area contributed by atoms with E-state index in [1.165, 1.54) is 6.42 Å². The minimum atomic E-state index is -4.69. The highest BCUT2D eigenvalue weighted by Gasteiger charge is 2.50. The normalized spacial score (nSPS) is 40.3. The first kappa shape index (κ1) is 13.0. The van der Waals surface area contributed by atoms with Crippen LogP contribution in [0.3, 0.4) is 0 Å². The maximum Gasteiger partial charge on any atom is 0.422 e. The second-order valence-corrected chi connectivity index (χ2v) is 6.28. The van der Waals surface area contributed by atoms with E-state index in [1.54, 1.807) is 0 Å². The smallest absolute Gasteiger partial charge is 0.422 e. The van der Waals surface area contributed by atoms with E-state index in [1.807, 2.05) is 0 Å². The summed E-state index contributed by atoms with van der Waals surface area (Å²) in [5.74, 6) is 0.638. The van der Waals surface area contributed by atoms with E-state index in [4.69, 9.17) is 4.74 Å². The molecule has 4 aliphatic carbocycles. The molecule has 4 rings (SSSR count). The van der Waals surface area contributed by atoms with Crippen LogP contribution in [0.1, 0.15) is 32.1 Å². The predicted molar refractivity (Wildman–Crippen MR) is 62.1 cm³/mol. The highest BCUT2D eigenvalue weighted by molar-refractivity contribution is 5.89. The molecule has 0 spiro atoms. The Morgan fingerprint density at radius 3 is 1.89 bits per heavy atom. The van der Waals surface area contributed by atoms with Gasteiger partial charge in [-0.1, -0.05) is 6.58 Å². The molecule has 0 amide bonds. The molecule has 0 atom stereocenters. The van der Waals surface area contributed by atoms with Gasteiger partial charge in [0.1, 0.15) is 11.7 Å². The van der Waals surface area contributed by atoms with Crippen molar-refractivity contribution in [1.29, 1.82) is 0 Å². The molecule has 0 radical (unpaired) electrons. The largest absolute Gasteiger partial charge is 0.458 e. The minimum absolute atomic E-state index is 0.265. The van der Waals surface area contributed by atoms with Crippen LogP contribution in [0.25, 0.3) is 0 Å². The Morgan fingerprint density at radius 2 is 1.47 bits per heavy atom. The van der Waals surface area contributed by atoms with Gasteiger partial charge in [-0.3, -0.25) is 0 Å². The Labute approximate surface area is 110 Å². The summed E-state index contributed by atoms with van der Waals surface area (Å²) < 4.78 is 42.4. The average molecular weight is 274 g/mol. The fourth-order valence-electron chi connectivity index (χ4n) is 4.38. The number of carbonyl (C=O) groups excluding carboxylic acids is 1. The second-order valence-electron chi connectivity index (χ2n) is 6.28. The number of alkyl halides is 3. The third-order valence-electron chi connectivity index (χ3n) is 4.97. The van der Waals surface area contributed by atoms with Crippen LogP contribution in [0.5, 0.6) is 0 Å². The van der Waals surface area contributed by atoms with Crippen LogP contribution in [-0.4, -0.2) is 18.2 Å². The SMILES string of the molecule is C=C(C(=O)OC1C2CC3CC(C2)CC1C3)C(F)(F)F. The van der Waals surface area contributed by atoms with Gasteiger partial charge in [-0.25, -0.2) is 4.79 Å². The summed E-state index contributed by atoms with van der Waals surface area (Å²) in [5, 5.41) is 0. The third kappa shape index (κ3) is 2.28. The van der Waals surface area contributed by atoms with E-state index in [-0.39, 0.29) is 17.9 Å². The summed E-state index contributed by atoms with van der Waals surface area (Å²) in [6.07, 6.45) is 0.255. The van der Waals surface area contributed by atoms with Crippen molar-refractivity contribution in [2.45, 2.75) is 44.4 Å². The average Bonchev–Trinajstić information content (AvgIpc) is 2.30. The van der Waals surface area contributed by atoms with Crippen LogP contribution in [0.2, 0.25) is 0 Å². The lowest BCUT2D eigenvalue weighted by Gasteiger charge is -2.53. The lowest BCUT2D eigenvalue weighted by atomic mass is 9.55. The van der Waals surface area contributed by atoms with Gasteiger partial charge in [0.05, 0.1) is 0 Å². The van der Waals surface area contributed by atoms with Crippen LogP contribution in [-0.2, 0) is 9.53 Å². The van der Waals surface area contributed by atoms with Crippen molar-refractivity contribution in [3.8, 4) is 0 Å². The number of rotatable bonds is 2. The van der Waals surface area contributed by atoms with Crippen LogP contribution in [0.4, 0.5) is 13.2 Å². The van der Waals surface area contributed by atoms with Crippen molar-refractivity contribution in [3.05, 3.63) is 12.2 Å². The summed E-state index contributed by atoms with van der Waals surface area (Å²) in [6, 6.07) is 0. The molecule has 4 bridgehead atoms. The molecule has 5 heteroatoms. The van der Waals surface area contributed by atoms with Crippen molar-refractivity contribution in [1.82, 2.24) is 0 Å². The first-order chi connectivity index (χ1) is 8.84. The number of hydrogen-bond acceptors (Lipinski definition) is 2. The monoisotopic (exact) mass is 274 g/mol. The second kappa shape index (κ2) is 4.25. The molecule has 19 heavy (non-hydrogen) atoms. The van der Waals surface area contributed by atoms with Gasteiger partial charge < -0.3 is 4.74 Å². The molecule has 0 aromatic heterocycles. The minimum Gasteiger partial charge on any atom is -0.458 e. The van der Waals surface area contributed by atoms with Gasteiger partial charge in [0.2, 0.25) is 0 Å². The summed E-state index contributed by atoms with van der Waals surface area (Å²) in [4.78, 5) is 11.5. The van der Waals surface area contributed by atoms with Crippen molar-refractivity contribution < 1.29 is 22.7 Å². The molecule has 106 valence electrons. The molecule has 0 heterocycles. The van der Waals surface area contributed by atoms with E-state index in [2.05, 4.69) is 6.58 Å². The van der Waals surface area contributed by atoms with E-state index >= 15 is 0 Å². The van der Waals surface area contributed by atoms with E-state index in [9.17, 15) is 18.0 Å². The zero-order chi connectivity index (χ0) is 13.8. The summed E-state index contributed by atoms with van der Waals surface area (Å²) in [6.45, 7) is 2.81. The van der Waals surface area contributed by atoms with Gasteiger partial charge in [0.25, 0.3) is 0 Å². The molecule has 0 aliphatic heterocycles. The van der Waals surface area contributed by atoms with E-state index in [0.717, 1.165) is 25.7 Å². The number of esters is 1. The standard InChI is InChI=1S/C14H17F3O2/c1-7(14(15,16)17)13(18)19-12-10-3-8-2-9(5-10)6-11(12)4-8/h8-12H,1-6H2. The summed E-state index contributed by atoms with van der Waals surface area (Å²) in [5.41, 5.74) is -1.39. The lowest BCUT2D eigenvalue weighted by Crippen LogP contribution is -2.50. The molecule has 4 fully saturated rings. The Hall–Kier alpha value is -1.00. The van der Waals surface area contributed by atoms with Gasteiger partial charge in [-0.2, -0.15) is 13.2 Å².